The molecule has 0 spiro atoms. The number of nitrogens with one attached hydrogen (secondary N) is 2. The van der Waals surface area contributed by atoms with Crippen LogP contribution in [0.2, 0.25) is 0 Å². The molecule has 124 valence electrons. The van der Waals surface area contributed by atoms with E-state index in [1.54, 1.807) is 0 Å². The average molecular weight is 344 g/mol. The van der Waals surface area contributed by atoms with E-state index in [9.17, 15) is 4.79 Å². The molecule has 9 heteroatoms. The highest BCUT2D eigenvalue weighted by atomic mass is 32.2. The molecule has 0 atom stereocenters. The number of amides is 1. The molecule has 2 N–H and O–H groups in total. The molecule has 0 unspecified atom stereocenters. The van der Waals surface area contributed by atoms with Crippen molar-refractivity contribution in [2.24, 2.45) is 0 Å². The summed E-state index contributed by atoms with van der Waals surface area (Å²) in [5, 5.41) is 14.1. The molecule has 0 radical (unpaired) electrons. The van der Waals surface area contributed by atoms with E-state index in [1.807, 2.05) is 37.3 Å². The Hall–Kier alpha value is -2.68. The van der Waals surface area contributed by atoms with Crippen molar-refractivity contribution in [2.75, 3.05) is 5.32 Å². The third-order valence-corrected chi connectivity index (χ3v) is 3.88. The van der Waals surface area contributed by atoms with E-state index in [0.717, 1.165) is 11.5 Å². The number of carbonyl (C=O) groups is 1. The number of para-hydroxylation sites is 1. The number of aromatic amines is 1. The normalized spacial score (nSPS) is 10.7. The molecule has 2 aromatic heterocycles. The fourth-order valence-corrected chi connectivity index (χ4v) is 2.62. The highest BCUT2D eigenvalue weighted by molar-refractivity contribution is 7.98. The van der Waals surface area contributed by atoms with Crippen LogP contribution in [0.1, 0.15) is 24.0 Å². The quantitative estimate of drug-likeness (QED) is 0.633. The van der Waals surface area contributed by atoms with Crippen molar-refractivity contribution in [1.82, 2.24) is 25.3 Å². The Morgan fingerprint density at radius 3 is 2.88 bits per heavy atom. The summed E-state index contributed by atoms with van der Waals surface area (Å²) in [6.45, 7) is 1.84. The molecule has 0 saturated heterocycles. The van der Waals surface area contributed by atoms with E-state index in [2.05, 4.69) is 30.6 Å². The molecule has 0 aliphatic rings. The first-order valence-electron chi connectivity index (χ1n) is 7.37. The fourth-order valence-electron chi connectivity index (χ4n) is 1.93. The second-order valence-electron chi connectivity index (χ2n) is 5.01. The van der Waals surface area contributed by atoms with Gasteiger partial charge in [-0.1, -0.05) is 35.1 Å². The van der Waals surface area contributed by atoms with Crippen molar-refractivity contribution >= 4 is 23.4 Å². The van der Waals surface area contributed by atoms with Crippen molar-refractivity contribution in [3.05, 3.63) is 47.9 Å². The number of rotatable bonds is 7. The molecule has 1 amide bonds. The molecule has 0 aliphatic heterocycles. The minimum Gasteiger partial charge on any atom is -0.339 e. The smallest absolute Gasteiger partial charge is 0.227 e. The van der Waals surface area contributed by atoms with Crippen LogP contribution in [-0.2, 0) is 17.0 Å². The Bertz CT molecular complexity index is 801. The van der Waals surface area contributed by atoms with Crippen LogP contribution in [-0.4, -0.2) is 31.2 Å². The second kappa shape index (κ2) is 7.73. The van der Waals surface area contributed by atoms with E-state index >= 15 is 0 Å². The zero-order valence-corrected chi connectivity index (χ0v) is 13.8. The van der Waals surface area contributed by atoms with Crippen molar-refractivity contribution in [3.63, 3.8) is 0 Å². The molecule has 2 heterocycles. The number of benzene rings is 1. The first kappa shape index (κ1) is 16.2. The van der Waals surface area contributed by atoms with Crippen LogP contribution in [0.15, 0.2) is 40.0 Å². The van der Waals surface area contributed by atoms with E-state index in [4.69, 9.17) is 4.52 Å². The van der Waals surface area contributed by atoms with Crippen LogP contribution < -0.4 is 5.32 Å². The summed E-state index contributed by atoms with van der Waals surface area (Å²) < 4.78 is 5.16. The maximum Gasteiger partial charge on any atom is 0.227 e. The molecule has 3 rings (SSSR count). The lowest BCUT2D eigenvalue weighted by Gasteiger charge is -2.02. The summed E-state index contributed by atoms with van der Waals surface area (Å²) in [5.41, 5.74) is 0.770. The van der Waals surface area contributed by atoms with Gasteiger partial charge in [-0.25, -0.2) is 4.98 Å². The van der Waals surface area contributed by atoms with Gasteiger partial charge in [-0.3, -0.25) is 9.89 Å². The zero-order chi connectivity index (χ0) is 16.8. The van der Waals surface area contributed by atoms with Crippen molar-refractivity contribution in [3.8, 4) is 0 Å². The van der Waals surface area contributed by atoms with Gasteiger partial charge in [0.1, 0.15) is 5.82 Å². The molecular formula is C15H16N6O2S. The van der Waals surface area contributed by atoms with Crippen LogP contribution in [0.3, 0.4) is 0 Å². The van der Waals surface area contributed by atoms with Crippen molar-refractivity contribution in [2.45, 2.75) is 30.7 Å². The van der Waals surface area contributed by atoms with Crippen LogP contribution in [0.5, 0.6) is 0 Å². The lowest BCUT2D eigenvalue weighted by Crippen LogP contribution is -2.12. The van der Waals surface area contributed by atoms with Gasteiger partial charge in [0.05, 0.1) is 5.75 Å². The minimum atomic E-state index is -0.0912. The van der Waals surface area contributed by atoms with Gasteiger partial charge in [-0.15, -0.1) is 5.10 Å². The first-order chi connectivity index (χ1) is 11.7. The minimum absolute atomic E-state index is 0.0912. The molecule has 0 bridgehead atoms. The lowest BCUT2D eigenvalue weighted by molar-refractivity contribution is -0.116. The van der Waals surface area contributed by atoms with Crippen LogP contribution in [0, 0.1) is 6.92 Å². The first-order valence-corrected chi connectivity index (χ1v) is 8.36. The zero-order valence-electron chi connectivity index (χ0n) is 13.0. The number of hydrogen-bond acceptors (Lipinski definition) is 7. The van der Waals surface area contributed by atoms with E-state index in [1.165, 1.54) is 11.8 Å². The van der Waals surface area contributed by atoms with E-state index < -0.39 is 0 Å². The molecule has 1 aromatic carbocycles. The lowest BCUT2D eigenvalue weighted by atomic mass is 10.2. The Kier molecular flexibility index (Phi) is 5.22. The van der Waals surface area contributed by atoms with Gasteiger partial charge in [0, 0.05) is 18.5 Å². The SMILES string of the molecule is Cc1nc(SCc2noc(CCC(=O)Nc3ccccc3)n2)n[nH]1. The molecule has 0 fully saturated rings. The van der Waals surface area contributed by atoms with Gasteiger partial charge in [0.2, 0.25) is 17.0 Å². The number of thioether (sulfide) groups is 1. The van der Waals surface area contributed by atoms with Crippen molar-refractivity contribution in [1.29, 1.82) is 0 Å². The number of H-pyrrole nitrogens is 1. The van der Waals surface area contributed by atoms with Crippen LogP contribution in [0.4, 0.5) is 5.69 Å². The summed E-state index contributed by atoms with van der Waals surface area (Å²) in [5.74, 6) is 2.18. The highest BCUT2D eigenvalue weighted by Crippen LogP contribution is 2.17. The summed E-state index contributed by atoms with van der Waals surface area (Å²) >= 11 is 1.42. The highest BCUT2D eigenvalue weighted by Gasteiger charge is 2.11. The van der Waals surface area contributed by atoms with E-state index in [-0.39, 0.29) is 12.3 Å². The largest absolute Gasteiger partial charge is 0.339 e. The summed E-state index contributed by atoms with van der Waals surface area (Å²) in [4.78, 5) is 20.3. The second-order valence-corrected chi connectivity index (χ2v) is 5.95. The average Bonchev–Trinajstić information content (AvgIpc) is 3.21. The maximum atomic E-state index is 11.9. The topological polar surface area (TPSA) is 110 Å². The van der Waals surface area contributed by atoms with Gasteiger partial charge in [0.15, 0.2) is 5.82 Å². The standard InChI is InChI=1S/C15H16N6O2S/c1-10-16-15(20-19-10)24-9-12-18-14(23-21-12)8-7-13(22)17-11-5-3-2-4-6-11/h2-6H,7-9H2,1H3,(H,17,22)(H,16,19,20). The summed E-state index contributed by atoms with van der Waals surface area (Å²) in [6.07, 6.45) is 0.680. The number of aryl methyl sites for hydroxylation is 2. The molecule has 24 heavy (non-hydrogen) atoms. The third-order valence-electron chi connectivity index (χ3n) is 3.04. The molecule has 3 aromatic rings. The summed E-state index contributed by atoms with van der Waals surface area (Å²) in [7, 11) is 0. The molecular weight excluding hydrogens is 328 g/mol. The van der Waals surface area contributed by atoms with Gasteiger partial charge < -0.3 is 9.84 Å². The van der Waals surface area contributed by atoms with E-state index in [0.29, 0.717) is 29.0 Å². The van der Waals surface area contributed by atoms with Gasteiger partial charge in [0.25, 0.3) is 0 Å². The molecule has 8 nitrogen and oxygen atoms in total. The van der Waals surface area contributed by atoms with Gasteiger partial charge >= 0.3 is 0 Å². The number of hydrogen-bond donors (Lipinski definition) is 2. The Labute approximate surface area is 142 Å². The Balaban J connectivity index is 1.44. The Morgan fingerprint density at radius 1 is 1.29 bits per heavy atom. The fraction of sp³-hybridized carbons (Fsp3) is 0.267. The number of nitrogens with zero attached hydrogens (tertiary/aromatic N) is 4. The summed E-state index contributed by atoms with van der Waals surface area (Å²) in [6, 6.07) is 9.31. The van der Waals surface area contributed by atoms with Crippen molar-refractivity contribution < 1.29 is 9.32 Å². The van der Waals surface area contributed by atoms with Crippen LogP contribution >= 0.6 is 11.8 Å². The predicted molar refractivity (Wildman–Crippen MR) is 88.4 cm³/mol. The monoisotopic (exact) mass is 344 g/mol. The third kappa shape index (κ3) is 4.66. The number of anilines is 1. The van der Waals surface area contributed by atoms with Gasteiger partial charge in [-0.05, 0) is 19.1 Å². The molecule has 0 saturated carbocycles. The number of carbonyl (C=O) groups excluding carboxylic acids is 1. The van der Waals surface area contributed by atoms with Crippen LogP contribution in [0.25, 0.3) is 0 Å². The molecule has 0 aliphatic carbocycles. The predicted octanol–water partition coefficient (Wildman–Crippen LogP) is 2.36. The van der Waals surface area contributed by atoms with Gasteiger partial charge in [-0.2, -0.15) is 4.98 Å². The number of aromatic nitrogens is 5. The maximum absolute atomic E-state index is 11.9. The Morgan fingerprint density at radius 2 is 2.12 bits per heavy atom.